The molecule has 0 spiro atoms. The zero-order chi connectivity index (χ0) is 18.7. The smallest absolute Gasteiger partial charge is 0.294 e. The van der Waals surface area contributed by atoms with Crippen molar-refractivity contribution in [2.75, 3.05) is 12.3 Å². The van der Waals surface area contributed by atoms with Gasteiger partial charge in [-0.2, -0.15) is 0 Å². The fourth-order valence-electron chi connectivity index (χ4n) is 2.88. The number of hydrogen-bond acceptors (Lipinski definition) is 5. The van der Waals surface area contributed by atoms with Crippen molar-refractivity contribution in [2.24, 2.45) is 4.99 Å². The molecule has 1 aliphatic heterocycles. The summed E-state index contributed by atoms with van der Waals surface area (Å²) in [6.07, 6.45) is 0.929. The van der Waals surface area contributed by atoms with Crippen molar-refractivity contribution in [3.8, 4) is 0 Å². The van der Waals surface area contributed by atoms with E-state index in [1.54, 1.807) is 22.0 Å². The lowest BCUT2D eigenvalue weighted by molar-refractivity contribution is -0.128. The highest BCUT2D eigenvalue weighted by atomic mass is 32.2. The zero-order valence-electron chi connectivity index (χ0n) is 15.3. The maximum Gasteiger partial charge on any atom is 0.307 e. The van der Waals surface area contributed by atoms with Crippen LogP contribution in [0.2, 0.25) is 0 Å². The number of carbonyl (C=O) groups excluding carboxylic acids is 1. The first kappa shape index (κ1) is 18.9. The summed E-state index contributed by atoms with van der Waals surface area (Å²) in [6, 6.07) is 8.06. The number of benzene rings is 1. The number of thioether (sulfide) groups is 1. The Balaban J connectivity index is 1.89. The molecule has 0 radical (unpaired) electrons. The second kappa shape index (κ2) is 8.22. The number of amides is 1. The van der Waals surface area contributed by atoms with Gasteiger partial charge < -0.3 is 0 Å². The quantitative estimate of drug-likeness (QED) is 0.794. The Hall–Kier alpha value is -1.86. The highest BCUT2D eigenvalue weighted by Crippen LogP contribution is 2.29. The van der Waals surface area contributed by atoms with Gasteiger partial charge in [0.15, 0.2) is 5.17 Å². The fraction of sp³-hybridized carbons (Fsp3) is 0.421. The van der Waals surface area contributed by atoms with Gasteiger partial charge in [0, 0.05) is 23.4 Å². The molecular formula is C19H23N3O2S2. The maximum absolute atomic E-state index is 12.9. The number of aliphatic imine (C=N–C) groups is 1. The Morgan fingerprint density at radius 1 is 1.31 bits per heavy atom. The molecule has 1 aromatic carbocycles. The summed E-state index contributed by atoms with van der Waals surface area (Å²) in [4.78, 5) is 31.2. The molecule has 0 bridgehead atoms. The normalized spacial score (nSPS) is 16.5. The zero-order valence-corrected chi connectivity index (χ0v) is 16.9. The van der Waals surface area contributed by atoms with Gasteiger partial charge in [-0.3, -0.25) is 19.1 Å². The van der Waals surface area contributed by atoms with Crippen LogP contribution in [-0.2, 0) is 11.3 Å². The van der Waals surface area contributed by atoms with E-state index in [2.05, 4.69) is 19.9 Å². The summed E-state index contributed by atoms with van der Waals surface area (Å²) in [6.45, 7) is 6.85. The molecule has 138 valence electrons. The summed E-state index contributed by atoms with van der Waals surface area (Å²) >= 11 is 2.74. The van der Waals surface area contributed by atoms with Crippen molar-refractivity contribution >= 4 is 39.9 Å². The minimum atomic E-state index is -0.0934. The number of nitrogens with zero attached hydrogens (tertiary/aromatic N) is 3. The van der Waals surface area contributed by atoms with Crippen molar-refractivity contribution in [3.63, 3.8) is 0 Å². The van der Waals surface area contributed by atoms with Crippen molar-refractivity contribution in [1.82, 2.24) is 9.47 Å². The number of carbonyl (C=O) groups is 1. The molecule has 26 heavy (non-hydrogen) atoms. The minimum absolute atomic E-state index is 0.0690. The molecule has 1 saturated heterocycles. The van der Waals surface area contributed by atoms with Crippen LogP contribution in [0.25, 0.3) is 0 Å². The predicted molar refractivity (Wildman–Crippen MR) is 110 cm³/mol. The summed E-state index contributed by atoms with van der Waals surface area (Å²) in [7, 11) is 0. The van der Waals surface area contributed by atoms with Gasteiger partial charge in [0.2, 0.25) is 5.91 Å². The van der Waals surface area contributed by atoms with E-state index in [9.17, 15) is 9.59 Å². The molecule has 1 aromatic heterocycles. The van der Waals surface area contributed by atoms with Crippen molar-refractivity contribution in [2.45, 2.75) is 39.7 Å². The molecular weight excluding hydrogens is 366 g/mol. The Bertz CT molecular complexity index is 883. The summed E-state index contributed by atoms with van der Waals surface area (Å²) in [5.41, 5.74) is 2.90. The first-order valence-electron chi connectivity index (χ1n) is 8.73. The van der Waals surface area contributed by atoms with Gasteiger partial charge in [-0.15, -0.1) is 0 Å². The average molecular weight is 390 g/mol. The highest BCUT2D eigenvalue weighted by Gasteiger charge is 2.25. The van der Waals surface area contributed by atoms with Crippen LogP contribution in [0.4, 0.5) is 5.69 Å². The van der Waals surface area contributed by atoms with Crippen LogP contribution >= 0.6 is 23.1 Å². The molecule has 0 unspecified atom stereocenters. The standard InChI is InChI=1S/C19H23N3O2S2/c1-13(2)15-7-4-5-8-16(15)20-18-21(9-6-10-25-18)17(23)11-22-14(3)12-26-19(22)24/h4-5,7-8,12-13H,6,9-11H2,1-3H3. The predicted octanol–water partition coefficient (Wildman–Crippen LogP) is 3.99. The molecule has 3 rings (SSSR count). The third-order valence-corrected chi connectivity index (χ3v) is 6.28. The SMILES string of the molecule is Cc1csc(=O)n1CC(=O)N1CCCSC1=Nc1ccccc1C(C)C. The molecule has 7 heteroatoms. The van der Waals surface area contributed by atoms with Gasteiger partial charge in [0.05, 0.1) is 5.69 Å². The van der Waals surface area contributed by atoms with Gasteiger partial charge >= 0.3 is 4.87 Å². The number of hydrogen-bond donors (Lipinski definition) is 0. The number of para-hydroxylation sites is 1. The van der Waals surface area contributed by atoms with E-state index in [1.165, 1.54) is 10.1 Å². The van der Waals surface area contributed by atoms with E-state index in [-0.39, 0.29) is 17.3 Å². The second-order valence-electron chi connectivity index (χ2n) is 6.58. The van der Waals surface area contributed by atoms with E-state index in [0.29, 0.717) is 12.5 Å². The summed E-state index contributed by atoms with van der Waals surface area (Å²) in [5, 5.41) is 2.52. The number of thiazole rings is 1. The van der Waals surface area contributed by atoms with Gasteiger partial charge in [-0.1, -0.05) is 55.1 Å². The number of aryl methyl sites for hydroxylation is 1. The van der Waals surface area contributed by atoms with Crippen LogP contribution in [0.15, 0.2) is 39.4 Å². The van der Waals surface area contributed by atoms with E-state index in [0.717, 1.165) is 40.1 Å². The lowest BCUT2D eigenvalue weighted by Crippen LogP contribution is -2.42. The lowest BCUT2D eigenvalue weighted by atomic mass is 10.0. The number of amidine groups is 1. The summed E-state index contributed by atoms with van der Waals surface area (Å²) in [5.74, 6) is 1.23. The number of aromatic nitrogens is 1. The largest absolute Gasteiger partial charge is 0.307 e. The molecule has 0 atom stereocenters. The molecule has 2 heterocycles. The van der Waals surface area contributed by atoms with Crippen LogP contribution in [-0.4, -0.2) is 32.8 Å². The van der Waals surface area contributed by atoms with E-state index >= 15 is 0 Å². The Labute approximate surface area is 161 Å². The Morgan fingerprint density at radius 3 is 2.77 bits per heavy atom. The van der Waals surface area contributed by atoms with Crippen molar-refractivity contribution in [1.29, 1.82) is 0 Å². The van der Waals surface area contributed by atoms with Crippen LogP contribution in [0.5, 0.6) is 0 Å². The van der Waals surface area contributed by atoms with Crippen molar-refractivity contribution in [3.05, 3.63) is 50.6 Å². The third kappa shape index (κ3) is 4.10. The fourth-order valence-corrected chi connectivity index (χ4v) is 4.58. The molecule has 0 saturated carbocycles. The van der Waals surface area contributed by atoms with Gasteiger partial charge in [-0.25, -0.2) is 4.99 Å². The molecule has 5 nitrogen and oxygen atoms in total. The number of rotatable bonds is 4. The minimum Gasteiger partial charge on any atom is -0.294 e. The van der Waals surface area contributed by atoms with Crippen LogP contribution in [0.3, 0.4) is 0 Å². The first-order valence-corrected chi connectivity index (χ1v) is 10.6. The average Bonchev–Trinajstić information content (AvgIpc) is 2.94. The van der Waals surface area contributed by atoms with Crippen LogP contribution in [0.1, 0.15) is 37.4 Å². The van der Waals surface area contributed by atoms with Crippen LogP contribution in [0, 0.1) is 6.92 Å². The Morgan fingerprint density at radius 2 is 2.08 bits per heavy atom. The topological polar surface area (TPSA) is 54.7 Å². The molecule has 0 N–H and O–H groups in total. The van der Waals surface area contributed by atoms with Gasteiger partial charge in [0.1, 0.15) is 6.54 Å². The molecule has 0 aliphatic carbocycles. The maximum atomic E-state index is 12.9. The monoisotopic (exact) mass is 389 g/mol. The first-order chi connectivity index (χ1) is 12.5. The molecule has 2 aromatic rings. The Kier molecular flexibility index (Phi) is 5.98. The highest BCUT2D eigenvalue weighted by molar-refractivity contribution is 8.13. The van der Waals surface area contributed by atoms with Crippen LogP contribution < -0.4 is 4.87 Å². The molecule has 1 amide bonds. The van der Waals surface area contributed by atoms with E-state index < -0.39 is 0 Å². The van der Waals surface area contributed by atoms with E-state index in [1.807, 2.05) is 25.1 Å². The van der Waals surface area contributed by atoms with Crippen molar-refractivity contribution < 1.29 is 4.79 Å². The second-order valence-corrected chi connectivity index (χ2v) is 8.47. The lowest BCUT2D eigenvalue weighted by Gasteiger charge is -2.28. The third-order valence-electron chi connectivity index (χ3n) is 4.33. The van der Waals surface area contributed by atoms with E-state index in [4.69, 9.17) is 4.99 Å². The molecule has 1 aliphatic rings. The van der Waals surface area contributed by atoms with Gasteiger partial charge in [0.25, 0.3) is 0 Å². The summed E-state index contributed by atoms with van der Waals surface area (Å²) < 4.78 is 1.53. The van der Waals surface area contributed by atoms with Gasteiger partial charge in [-0.05, 0) is 30.9 Å². The molecule has 1 fully saturated rings.